The minimum Gasteiger partial charge on any atom is -0.388 e. The van der Waals surface area contributed by atoms with Crippen molar-refractivity contribution in [2.24, 2.45) is 0 Å². The molecular formula is C21H22N6O4S2. The predicted molar refractivity (Wildman–Crippen MR) is 120 cm³/mol. The Hall–Kier alpha value is -2.40. The summed E-state index contributed by atoms with van der Waals surface area (Å²) in [6.45, 7) is 4.00. The van der Waals surface area contributed by atoms with Crippen molar-refractivity contribution in [3.05, 3.63) is 40.8 Å². The lowest BCUT2D eigenvalue weighted by molar-refractivity contribution is -0.170. The number of nitriles is 1. The molecule has 0 radical (unpaired) electrons. The van der Waals surface area contributed by atoms with Crippen LogP contribution in [0.25, 0.3) is 10.7 Å². The van der Waals surface area contributed by atoms with Crippen molar-refractivity contribution in [2.45, 2.75) is 54.6 Å². The van der Waals surface area contributed by atoms with Crippen LogP contribution >= 0.6 is 23.1 Å². The normalized spacial score (nSPS) is 29.1. The van der Waals surface area contributed by atoms with E-state index in [1.54, 1.807) is 18.0 Å². The van der Waals surface area contributed by atoms with Gasteiger partial charge in [-0.3, -0.25) is 0 Å². The molecule has 5 rings (SSSR count). The van der Waals surface area contributed by atoms with Crippen LogP contribution in [-0.2, 0) is 14.2 Å². The summed E-state index contributed by atoms with van der Waals surface area (Å²) in [4.78, 5) is 9.40. The Morgan fingerprint density at radius 1 is 1.36 bits per heavy atom. The summed E-state index contributed by atoms with van der Waals surface area (Å²) in [7, 11) is 1.60. The number of hydrogen-bond donors (Lipinski definition) is 1. The number of aliphatic hydroxyl groups is 1. The highest BCUT2D eigenvalue weighted by atomic mass is 32.2. The van der Waals surface area contributed by atoms with Gasteiger partial charge in [-0.05, 0) is 25.5 Å². The summed E-state index contributed by atoms with van der Waals surface area (Å²) in [6, 6.07) is 3.62. The van der Waals surface area contributed by atoms with Crippen LogP contribution in [-0.4, -0.2) is 73.6 Å². The number of nitrogens with zero attached hydrogens (tertiary/aromatic N) is 6. The molecule has 1 N–H and O–H groups in total. The SMILES string of the molecule is COC1C(n2cc(-c3nc(C)cs3)nn2)[C@H]2OCC(O)C2O[C@@H]1Sc1cc(C)cnc1C#N. The average Bonchev–Trinajstić information content (AvgIpc) is 3.54. The minimum absolute atomic E-state index is 0.155. The summed E-state index contributed by atoms with van der Waals surface area (Å²) in [6.07, 6.45) is 1.15. The number of hydrogen-bond acceptors (Lipinski definition) is 11. The van der Waals surface area contributed by atoms with Crippen molar-refractivity contribution >= 4 is 23.1 Å². The predicted octanol–water partition coefficient (Wildman–Crippen LogP) is 2.12. The third kappa shape index (κ3) is 4.16. The number of fused-ring (bicyclic) bond motifs is 1. The van der Waals surface area contributed by atoms with Crippen LogP contribution in [0.2, 0.25) is 0 Å². The lowest BCUT2D eigenvalue weighted by atomic mass is 9.96. The molecule has 6 atom stereocenters. The van der Waals surface area contributed by atoms with Crippen molar-refractivity contribution in [1.82, 2.24) is 25.0 Å². The Labute approximate surface area is 198 Å². The molecule has 0 bridgehead atoms. The van der Waals surface area contributed by atoms with Crippen LogP contribution in [0.3, 0.4) is 0 Å². The molecule has 5 heterocycles. The maximum atomic E-state index is 10.5. The number of aliphatic hydroxyl groups excluding tert-OH is 1. The van der Waals surface area contributed by atoms with Gasteiger partial charge >= 0.3 is 0 Å². The second kappa shape index (κ2) is 9.09. The van der Waals surface area contributed by atoms with Crippen molar-refractivity contribution in [3.8, 4) is 16.8 Å². The third-order valence-electron chi connectivity index (χ3n) is 5.66. The molecule has 2 fully saturated rings. The Morgan fingerprint density at radius 2 is 2.21 bits per heavy atom. The second-order valence-corrected chi connectivity index (χ2v) is 9.99. The van der Waals surface area contributed by atoms with Crippen LogP contribution in [0.5, 0.6) is 0 Å². The zero-order valence-electron chi connectivity index (χ0n) is 18.2. The van der Waals surface area contributed by atoms with E-state index >= 15 is 0 Å². The highest BCUT2D eigenvalue weighted by Crippen LogP contribution is 2.44. The van der Waals surface area contributed by atoms with E-state index in [-0.39, 0.29) is 6.61 Å². The Kier molecular flexibility index (Phi) is 6.17. The Morgan fingerprint density at radius 3 is 2.94 bits per heavy atom. The number of pyridine rings is 1. The molecule has 2 aliphatic rings. The van der Waals surface area contributed by atoms with Gasteiger partial charge in [0.05, 0.1) is 12.8 Å². The molecule has 2 aliphatic heterocycles. The van der Waals surface area contributed by atoms with Gasteiger partial charge in [-0.2, -0.15) is 5.26 Å². The summed E-state index contributed by atoms with van der Waals surface area (Å²) in [5.41, 5.74) is 2.28. The van der Waals surface area contributed by atoms with E-state index in [4.69, 9.17) is 14.2 Å². The molecule has 172 valence electrons. The van der Waals surface area contributed by atoms with Gasteiger partial charge in [0.25, 0.3) is 0 Å². The van der Waals surface area contributed by atoms with Crippen molar-refractivity contribution in [1.29, 1.82) is 5.26 Å². The van der Waals surface area contributed by atoms with E-state index < -0.39 is 35.9 Å². The van der Waals surface area contributed by atoms with Gasteiger partial charge < -0.3 is 19.3 Å². The van der Waals surface area contributed by atoms with E-state index in [1.807, 2.05) is 31.5 Å². The molecule has 3 aromatic heterocycles. The molecule has 2 saturated heterocycles. The molecular weight excluding hydrogens is 464 g/mol. The summed E-state index contributed by atoms with van der Waals surface area (Å²) in [5, 5.41) is 31.5. The molecule has 33 heavy (non-hydrogen) atoms. The zero-order chi connectivity index (χ0) is 23.1. The lowest BCUT2D eigenvalue weighted by Gasteiger charge is -2.43. The van der Waals surface area contributed by atoms with Gasteiger partial charge in [0.1, 0.15) is 52.7 Å². The fourth-order valence-corrected chi connectivity index (χ4v) is 6.19. The van der Waals surface area contributed by atoms with E-state index in [2.05, 4.69) is 26.3 Å². The summed E-state index contributed by atoms with van der Waals surface area (Å²) in [5.74, 6) is 0. The average molecular weight is 487 g/mol. The lowest BCUT2D eigenvalue weighted by Crippen LogP contribution is -2.55. The maximum absolute atomic E-state index is 10.5. The first-order chi connectivity index (χ1) is 16.0. The molecule has 3 aromatic rings. The molecule has 12 heteroatoms. The molecule has 0 aromatic carbocycles. The number of rotatable bonds is 5. The number of thiazole rings is 1. The molecule has 0 amide bonds. The topological polar surface area (TPSA) is 128 Å². The largest absolute Gasteiger partial charge is 0.388 e. The van der Waals surface area contributed by atoms with Gasteiger partial charge in [-0.25, -0.2) is 14.6 Å². The smallest absolute Gasteiger partial charge is 0.154 e. The van der Waals surface area contributed by atoms with E-state index in [1.165, 1.54) is 23.1 Å². The third-order valence-corrected chi connectivity index (χ3v) is 7.82. The highest BCUT2D eigenvalue weighted by Gasteiger charge is 2.54. The van der Waals surface area contributed by atoms with Gasteiger partial charge in [0, 0.05) is 29.3 Å². The standard InChI is InChI=1S/C21H22N6O4S2/c1-10-4-15(12(5-22)23-6-10)33-21-19(29-3)16(18-17(31-21)14(28)8-30-18)27-7-13(25-26-27)20-24-11(2)9-32-20/h4,6-7,9,14,16-19,21,28H,8H2,1-3H3/t14?,16?,17?,18-,19?,21-/m1/s1. The van der Waals surface area contributed by atoms with Crippen LogP contribution in [0.1, 0.15) is 23.0 Å². The zero-order valence-corrected chi connectivity index (χ0v) is 19.8. The first kappa shape index (κ1) is 22.4. The fourth-order valence-electron chi connectivity index (χ4n) is 4.14. The van der Waals surface area contributed by atoms with Gasteiger partial charge in [0.15, 0.2) is 5.69 Å². The Bertz CT molecular complexity index is 1190. The summed E-state index contributed by atoms with van der Waals surface area (Å²) >= 11 is 2.85. The van der Waals surface area contributed by atoms with E-state index in [9.17, 15) is 10.4 Å². The first-order valence-electron chi connectivity index (χ1n) is 10.3. The van der Waals surface area contributed by atoms with Crippen molar-refractivity contribution in [3.63, 3.8) is 0 Å². The van der Waals surface area contributed by atoms with Gasteiger partial charge in [0.2, 0.25) is 0 Å². The molecule has 0 spiro atoms. The molecule has 0 aliphatic carbocycles. The van der Waals surface area contributed by atoms with Crippen LogP contribution in [0.15, 0.2) is 28.7 Å². The number of aryl methyl sites for hydroxylation is 2. The molecule has 10 nitrogen and oxygen atoms in total. The van der Waals surface area contributed by atoms with Gasteiger partial charge in [-0.1, -0.05) is 17.0 Å². The maximum Gasteiger partial charge on any atom is 0.154 e. The molecule has 0 saturated carbocycles. The number of ether oxygens (including phenoxy) is 3. The van der Waals surface area contributed by atoms with Crippen LogP contribution < -0.4 is 0 Å². The molecule has 4 unspecified atom stereocenters. The fraction of sp³-hybridized carbons (Fsp3) is 0.476. The van der Waals surface area contributed by atoms with Crippen LogP contribution in [0, 0.1) is 25.2 Å². The minimum atomic E-state index is -0.783. The van der Waals surface area contributed by atoms with Crippen molar-refractivity contribution < 1.29 is 19.3 Å². The highest BCUT2D eigenvalue weighted by molar-refractivity contribution is 7.99. The van der Waals surface area contributed by atoms with Crippen molar-refractivity contribution in [2.75, 3.05) is 13.7 Å². The van der Waals surface area contributed by atoms with E-state index in [0.29, 0.717) is 16.3 Å². The monoisotopic (exact) mass is 486 g/mol. The van der Waals surface area contributed by atoms with E-state index in [0.717, 1.165) is 16.3 Å². The van der Waals surface area contributed by atoms with Gasteiger partial charge in [-0.15, -0.1) is 16.4 Å². The first-order valence-corrected chi connectivity index (χ1v) is 12.1. The Balaban J connectivity index is 1.51. The second-order valence-electron chi connectivity index (χ2n) is 7.99. The number of methoxy groups -OCH3 is 1. The quantitative estimate of drug-likeness (QED) is 0.572. The van der Waals surface area contributed by atoms with Crippen LogP contribution in [0.4, 0.5) is 0 Å². The number of thioether (sulfide) groups is 1. The summed E-state index contributed by atoms with van der Waals surface area (Å²) < 4.78 is 19.8. The number of aromatic nitrogens is 5.